The Hall–Kier alpha value is -2.81. The molecule has 0 aliphatic heterocycles. The predicted octanol–water partition coefficient (Wildman–Crippen LogP) is 4.21. The summed E-state index contributed by atoms with van der Waals surface area (Å²) in [5.74, 6) is -0.000232. The molecule has 4 rings (SSSR count). The fourth-order valence-corrected chi connectivity index (χ4v) is 3.32. The highest BCUT2D eigenvalue weighted by Crippen LogP contribution is 2.43. The second-order valence-corrected chi connectivity index (χ2v) is 5.78. The van der Waals surface area contributed by atoms with E-state index in [-0.39, 0.29) is 5.78 Å². The Morgan fingerprint density at radius 2 is 1.68 bits per heavy atom. The summed E-state index contributed by atoms with van der Waals surface area (Å²) in [6, 6.07) is 13.1. The summed E-state index contributed by atoms with van der Waals surface area (Å²) in [4.78, 5) is 24.2. The van der Waals surface area contributed by atoms with E-state index < -0.39 is 5.54 Å². The van der Waals surface area contributed by atoms with Crippen molar-refractivity contribution >= 4 is 11.4 Å². The van der Waals surface area contributed by atoms with E-state index in [9.17, 15) is 9.70 Å². The molecular formula is C19H13NO2. The van der Waals surface area contributed by atoms with Gasteiger partial charge in [-0.3, -0.25) is 4.79 Å². The van der Waals surface area contributed by atoms with E-state index in [0.29, 0.717) is 11.1 Å². The van der Waals surface area contributed by atoms with Crippen LogP contribution in [0.25, 0.3) is 5.57 Å². The number of carbonyl (C=O) groups excluding carboxylic acids is 1. The quantitative estimate of drug-likeness (QED) is 0.629. The molecule has 2 aromatic carbocycles. The van der Waals surface area contributed by atoms with Gasteiger partial charge in [0.25, 0.3) is 0 Å². The van der Waals surface area contributed by atoms with Gasteiger partial charge in [-0.25, -0.2) is 0 Å². The molecule has 3 nitrogen and oxygen atoms in total. The van der Waals surface area contributed by atoms with Gasteiger partial charge >= 0.3 is 0 Å². The molecule has 0 saturated heterocycles. The Morgan fingerprint density at radius 3 is 2.45 bits per heavy atom. The van der Waals surface area contributed by atoms with Crippen LogP contribution in [0.15, 0.2) is 65.9 Å². The minimum Gasteiger partial charge on any atom is -0.289 e. The third-order valence-electron chi connectivity index (χ3n) is 4.46. The van der Waals surface area contributed by atoms with Crippen LogP contribution in [0.3, 0.4) is 0 Å². The van der Waals surface area contributed by atoms with Crippen LogP contribution in [0.5, 0.6) is 0 Å². The number of fused-ring (bicyclic) bond motifs is 2. The first-order valence-electron chi connectivity index (χ1n) is 7.18. The van der Waals surface area contributed by atoms with E-state index in [2.05, 4.69) is 5.18 Å². The van der Waals surface area contributed by atoms with Crippen LogP contribution in [0.1, 0.15) is 39.5 Å². The molecule has 1 unspecified atom stereocenters. The van der Waals surface area contributed by atoms with Crippen molar-refractivity contribution in [3.8, 4) is 0 Å². The molecule has 22 heavy (non-hydrogen) atoms. The van der Waals surface area contributed by atoms with Gasteiger partial charge in [-0.1, -0.05) is 59.8 Å². The first-order valence-corrected chi connectivity index (χ1v) is 7.18. The predicted molar refractivity (Wildman–Crippen MR) is 85.7 cm³/mol. The van der Waals surface area contributed by atoms with Crippen molar-refractivity contribution in [3.63, 3.8) is 0 Å². The summed E-state index contributed by atoms with van der Waals surface area (Å²) < 4.78 is 0. The smallest absolute Gasteiger partial charge is 0.194 e. The Kier molecular flexibility index (Phi) is 2.54. The lowest BCUT2D eigenvalue weighted by Gasteiger charge is -2.27. The summed E-state index contributed by atoms with van der Waals surface area (Å²) >= 11 is 0. The molecule has 0 N–H and O–H groups in total. The molecule has 0 saturated carbocycles. The van der Waals surface area contributed by atoms with Crippen LogP contribution in [-0.2, 0) is 5.54 Å². The number of nitrogens with zero attached hydrogens (tertiary/aromatic N) is 1. The molecule has 0 amide bonds. The Morgan fingerprint density at radius 1 is 0.955 bits per heavy atom. The van der Waals surface area contributed by atoms with Crippen molar-refractivity contribution in [2.24, 2.45) is 5.18 Å². The standard InChI is InChI=1S/C19H13NO2/c1-19(20-22)11-5-9-13-12-6-2-3-7-14(12)18(21)15-8-4-10-16(19)17(13)15/h2-11H,1H3. The maximum Gasteiger partial charge on any atom is 0.194 e. The number of hydrogen-bond acceptors (Lipinski definition) is 3. The van der Waals surface area contributed by atoms with E-state index in [0.717, 1.165) is 22.3 Å². The Balaban J connectivity index is 2.14. The van der Waals surface area contributed by atoms with Gasteiger partial charge in [0.15, 0.2) is 5.78 Å². The monoisotopic (exact) mass is 287 g/mol. The average molecular weight is 287 g/mol. The van der Waals surface area contributed by atoms with Crippen LogP contribution in [0.4, 0.5) is 0 Å². The lowest BCUT2D eigenvalue weighted by atomic mass is 9.76. The van der Waals surface area contributed by atoms with Crippen LogP contribution in [0, 0.1) is 4.91 Å². The van der Waals surface area contributed by atoms with Gasteiger partial charge in [-0.15, -0.1) is 4.91 Å². The first kappa shape index (κ1) is 12.9. The number of benzene rings is 2. The lowest BCUT2D eigenvalue weighted by Crippen LogP contribution is -2.22. The zero-order chi connectivity index (χ0) is 15.3. The van der Waals surface area contributed by atoms with Gasteiger partial charge < -0.3 is 0 Å². The molecule has 0 spiro atoms. The number of allylic oxidation sites excluding steroid dienone is 2. The van der Waals surface area contributed by atoms with Gasteiger partial charge in [0.05, 0.1) is 0 Å². The maximum atomic E-state index is 12.8. The second-order valence-electron chi connectivity index (χ2n) is 5.78. The molecule has 2 aliphatic rings. The summed E-state index contributed by atoms with van der Waals surface area (Å²) in [7, 11) is 0. The summed E-state index contributed by atoms with van der Waals surface area (Å²) in [5, 5.41) is 3.31. The highest BCUT2D eigenvalue weighted by molar-refractivity contribution is 6.19. The average Bonchev–Trinajstić information content (AvgIpc) is 2.71. The minimum atomic E-state index is -0.962. The van der Waals surface area contributed by atoms with E-state index in [1.54, 1.807) is 13.0 Å². The molecule has 0 fully saturated rings. The van der Waals surface area contributed by atoms with Crippen LogP contribution in [0.2, 0.25) is 0 Å². The SMILES string of the molecule is CC1(N=O)C=CC=C2c3ccccc3C(=O)c3cccc1c32. The molecule has 2 aromatic rings. The highest BCUT2D eigenvalue weighted by Gasteiger charge is 2.36. The third kappa shape index (κ3) is 1.53. The highest BCUT2D eigenvalue weighted by atomic mass is 16.3. The van der Waals surface area contributed by atoms with Gasteiger partial charge in [-0.2, -0.15) is 0 Å². The molecule has 0 radical (unpaired) electrons. The van der Waals surface area contributed by atoms with E-state index >= 15 is 0 Å². The van der Waals surface area contributed by atoms with Gasteiger partial charge in [0.2, 0.25) is 0 Å². The fourth-order valence-electron chi connectivity index (χ4n) is 3.32. The molecular weight excluding hydrogens is 274 g/mol. The molecule has 1 atom stereocenters. The zero-order valence-electron chi connectivity index (χ0n) is 12.0. The van der Waals surface area contributed by atoms with Gasteiger partial charge in [0, 0.05) is 11.1 Å². The van der Waals surface area contributed by atoms with Gasteiger partial charge in [-0.05, 0) is 35.3 Å². The Labute approximate surface area is 128 Å². The van der Waals surface area contributed by atoms with Crippen molar-refractivity contribution in [2.45, 2.75) is 12.5 Å². The number of rotatable bonds is 1. The Bertz CT molecular complexity index is 892. The van der Waals surface area contributed by atoms with Crippen LogP contribution < -0.4 is 0 Å². The number of hydrogen-bond donors (Lipinski definition) is 0. The third-order valence-corrected chi connectivity index (χ3v) is 4.46. The summed E-state index contributed by atoms with van der Waals surface area (Å²) in [5.41, 5.74) is 3.88. The van der Waals surface area contributed by atoms with Gasteiger partial charge in [0.1, 0.15) is 5.54 Å². The lowest BCUT2D eigenvalue weighted by molar-refractivity contribution is 0.103. The molecule has 3 heteroatoms. The second kappa shape index (κ2) is 4.34. The number of ketones is 1. The van der Waals surface area contributed by atoms with Crippen molar-refractivity contribution < 1.29 is 4.79 Å². The maximum absolute atomic E-state index is 12.8. The first-order chi connectivity index (χ1) is 10.7. The van der Waals surface area contributed by atoms with Crippen LogP contribution in [-0.4, -0.2) is 5.78 Å². The molecule has 106 valence electrons. The topological polar surface area (TPSA) is 46.5 Å². The summed E-state index contributed by atoms with van der Waals surface area (Å²) in [6.45, 7) is 1.77. The van der Waals surface area contributed by atoms with E-state index in [4.69, 9.17) is 0 Å². The molecule has 0 heterocycles. The minimum absolute atomic E-state index is 0.000232. The fraction of sp³-hybridized carbons (Fsp3) is 0.105. The largest absolute Gasteiger partial charge is 0.289 e. The van der Waals surface area contributed by atoms with E-state index in [1.807, 2.05) is 54.6 Å². The van der Waals surface area contributed by atoms with Crippen LogP contribution >= 0.6 is 0 Å². The van der Waals surface area contributed by atoms with Crippen molar-refractivity contribution in [3.05, 3.63) is 93.4 Å². The number of carbonyl (C=O) groups is 1. The van der Waals surface area contributed by atoms with E-state index in [1.165, 1.54) is 0 Å². The molecule has 2 aliphatic carbocycles. The molecule has 0 bridgehead atoms. The van der Waals surface area contributed by atoms with Crippen molar-refractivity contribution in [2.75, 3.05) is 0 Å². The van der Waals surface area contributed by atoms with Crippen molar-refractivity contribution in [1.29, 1.82) is 0 Å². The number of nitroso groups, excluding NO2 is 1. The summed E-state index contributed by atoms with van der Waals surface area (Å²) in [6.07, 6.45) is 5.60. The zero-order valence-corrected chi connectivity index (χ0v) is 12.0. The van der Waals surface area contributed by atoms with Crippen molar-refractivity contribution in [1.82, 2.24) is 0 Å². The normalized spacial score (nSPS) is 21.5. The molecule has 0 aromatic heterocycles.